The molecular weight excluding hydrogens is 384 g/mol. The Morgan fingerprint density at radius 2 is 1.75 bits per heavy atom. The molecule has 0 aromatic heterocycles. The van der Waals surface area contributed by atoms with Crippen molar-refractivity contribution in [2.75, 3.05) is 0 Å². The molecule has 0 radical (unpaired) electrons. The van der Waals surface area contributed by atoms with Gasteiger partial charge in [-0.1, -0.05) is 18.1 Å². The second-order valence-corrected chi connectivity index (χ2v) is 2.87. The summed E-state index contributed by atoms with van der Waals surface area (Å²) in [4.78, 5) is 0. The second-order valence-electron chi connectivity index (χ2n) is 2.87. The Labute approximate surface area is 134 Å². The van der Waals surface area contributed by atoms with Crippen LogP contribution in [0.4, 0.5) is 0 Å². The van der Waals surface area contributed by atoms with Crippen LogP contribution in [-0.4, -0.2) is 48.9 Å². The van der Waals surface area contributed by atoms with E-state index in [1.165, 1.54) is 11.1 Å². The van der Waals surface area contributed by atoms with Gasteiger partial charge < -0.3 is 24.0 Å². The van der Waals surface area contributed by atoms with Crippen molar-refractivity contribution in [1.29, 1.82) is 0 Å². The van der Waals surface area contributed by atoms with Crippen LogP contribution in [0.25, 0.3) is 0 Å². The van der Waals surface area contributed by atoms with Gasteiger partial charge >= 0.3 is 48.9 Å². The summed E-state index contributed by atoms with van der Waals surface area (Å²) in [6.45, 7) is 10.1. The van der Waals surface area contributed by atoms with Crippen LogP contribution in [0.1, 0.15) is 33.6 Å². The SMILES string of the molecule is [Ba+2].[CH2-]/C=C(\C)CCC=C(C)C.[I-]. The van der Waals surface area contributed by atoms with E-state index in [1.807, 2.05) is 6.08 Å². The summed E-state index contributed by atoms with van der Waals surface area (Å²) in [5, 5.41) is 0. The third kappa shape index (κ3) is 14.2. The van der Waals surface area contributed by atoms with E-state index in [9.17, 15) is 0 Å². The van der Waals surface area contributed by atoms with Crippen LogP contribution in [0.3, 0.4) is 0 Å². The number of rotatable bonds is 3. The van der Waals surface area contributed by atoms with E-state index in [0.29, 0.717) is 0 Å². The first-order valence-corrected chi connectivity index (χ1v) is 3.75. The second kappa shape index (κ2) is 12.7. The van der Waals surface area contributed by atoms with E-state index in [2.05, 4.69) is 33.8 Å². The minimum absolute atomic E-state index is 0. The van der Waals surface area contributed by atoms with Crippen molar-refractivity contribution in [1.82, 2.24) is 0 Å². The fourth-order valence-electron chi connectivity index (χ4n) is 0.691. The molecular formula is C10H17BaI. The zero-order valence-electron chi connectivity index (χ0n) is 8.36. The summed E-state index contributed by atoms with van der Waals surface area (Å²) in [7, 11) is 0. The molecule has 0 heterocycles. The van der Waals surface area contributed by atoms with Crippen LogP contribution in [0.5, 0.6) is 0 Å². The Kier molecular flexibility index (Phi) is 20.3. The summed E-state index contributed by atoms with van der Waals surface area (Å²) in [6, 6.07) is 0. The zero-order valence-corrected chi connectivity index (χ0v) is 15.0. The van der Waals surface area contributed by atoms with Crippen molar-refractivity contribution in [3.05, 3.63) is 30.2 Å². The Morgan fingerprint density at radius 1 is 1.25 bits per heavy atom. The van der Waals surface area contributed by atoms with Crippen molar-refractivity contribution < 1.29 is 24.0 Å². The summed E-state index contributed by atoms with van der Waals surface area (Å²) >= 11 is 0. The van der Waals surface area contributed by atoms with Crippen LogP contribution < -0.4 is 24.0 Å². The van der Waals surface area contributed by atoms with Crippen LogP contribution in [0, 0.1) is 6.92 Å². The monoisotopic (exact) mass is 402 g/mol. The fraction of sp³-hybridized carbons (Fsp3) is 0.500. The van der Waals surface area contributed by atoms with Gasteiger partial charge in [-0.3, -0.25) is 0 Å². The van der Waals surface area contributed by atoms with E-state index in [0.717, 1.165) is 12.8 Å². The minimum Gasteiger partial charge on any atom is -1.00 e. The first-order valence-electron chi connectivity index (χ1n) is 3.75. The summed E-state index contributed by atoms with van der Waals surface area (Å²) < 4.78 is 0. The van der Waals surface area contributed by atoms with E-state index in [4.69, 9.17) is 0 Å². The van der Waals surface area contributed by atoms with Gasteiger partial charge in [0.15, 0.2) is 0 Å². The first kappa shape index (κ1) is 19.3. The molecule has 0 unspecified atom stereocenters. The molecule has 0 aliphatic rings. The molecule has 0 aromatic rings. The van der Waals surface area contributed by atoms with E-state index in [1.54, 1.807) is 0 Å². The molecule has 12 heavy (non-hydrogen) atoms. The molecule has 0 atom stereocenters. The van der Waals surface area contributed by atoms with Crippen LogP contribution in [0.2, 0.25) is 0 Å². The molecule has 0 N–H and O–H groups in total. The van der Waals surface area contributed by atoms with E-state index in [-0.39, 0.29) is 72.9 Å². The maximum absolute atomic E-state index is 3.70. The van der Waals surface area contributed by atoms with Gasteiger partial charge in [-0.25, -0.2) is 18.6 Å². The zero-order chi connectivity index (χ0) is 7.98. The largest absolute Gasteiger partial charge is 2.00 e. The van der Waals surface area contributed by atoms with Crippen molar-refractivity contribution in [2.24, 2.45) is 0 Å². The van der Waals surface area contributed by atoms with Crippen molar-refractivity contribution >= 4 is 48.9 Å². The average molecular weight is 401 g/mol. The summed E-state index contributed by atoms with van der Waals surface area (Å²) in [5.74, 6) is 0. The van der Waals surface area contributed by atoms with E-state index < -0.39 is 0 Å². The molecule has 0 rings (SSSR count). The summed E-state index contributed by atoms with van der Waals surface area (Å²) in [5.41, 5.74) is 2.77. The van der Waals surface area contributed by atoms with Crippen molar-refractivity contribution in [2.45, 2.75) is 33.6 Å². The molecule has 0 aliphatic carbocycles. The number of allylic oxidation sites excluding steroid dienone is 4. The molecule has 2 heteroatoms. The Balaban J connectivity index is -0.000000405. The molecule has 0 spiro atoms. The van der Waals surface area contributed by atoms with Gasteiger partial charge in [0.1, 0.15) is 0 Å². The number of hydrogen-bond acceptors (Lipinski definition) is 0. The molecule has 66 valence electrons. The molecule has 0 aromatic carbocycles. The molecule has 0 nitrogen and oxygen atoms in total. The first-order chi connectivity index (χ1) is 4.66. The van der Waals surface area contributed by atoms with Gasteiger partial charge in [-0.15, -0.1) is 6.92 Å². The quantitative estimate of drug-likeness (QED) is 0.273. The van der Waals surface area contributed by atoms with Crippen LogP contribution in [0.15, 0.2) is 23.3 Å². The third-order valence-corrected chi connectivity index (χ3v) is 1.44. The van der Waals surface area contributed by atoms with Gasteiger partial charge in [-0.2, -0.15) is 0 Å². The van der Waals surface area contributed by atoms with Gasteiger partial charge in [-0.05, 0) is 20.3 Å². The maximum atomic E-state index is 3.70. The summed E-state index contributed by atoms with van der Waals surface area (Å²) in [6.07, 6.45) is 6.49. The minimum atomic E-state index is 0. The van der Waals surface area contributed by atoms with Gasteiger partial charge in [0.2, 0.25) is 0 Å². The predicted octanol–water partition coefficient (Wildman–Crippen LogP) is 0.136. The fourth-order valence-corrected chi connectivity index (χ4v) is 0.691. The molecule has 0 saturated carbocycles. The Morgan fingerprint density at radius 3 is 2.08 bits per heavy atom. The normalized spacial score (nSPS) is 9.42. The standard InChI is InChI=1S/C10H17.Ba.HI/c1-5-10(4)8-6-7-9(2)3;;/h5,7H,1,6,8H2,2-4H3;;1H/q-1;+2;/p-1/b10-5+;;. The predicted molar refractivity (Wildman–Crippen MR) is 53.5 cm³/mol. The smallest absolute Gasteiger partial charge is 1.00 e. The van der Waals surface area contributed by atoms with Crippen LogP contribution >= 0.6 is 0 Å². The number of halogens is 1. The Bertz CT molecular complexity index is 144. The van der Waals surface area contributed by atoms with Gasteiger partial charge in [0, 0.05) is 0 Å². The third-order valence-electron chi connectivity index (χ3n) is 1.44. The maximum Gasteiger partial charge on any atom is 2.00 e. The topological polar surface area (TPSA) is 0 Å². The molecule has 0 fully saturated rings. The van der Waals surface area contributed by atoms with Gasteiger partial charge in [0.25, 0.3) is 0 Å². The average Bonchev–Trinajstić information content (AvgIpc) is 1.87. The molecule has 0 bridgehead atoms. The van der Waals surface area contributed by atoms with Gasteiger partial charge in [0.05, 0.1) is 0 Å². The van der Waals surface area contributed by atoms with E-state index >= 15 is 0 Å². The van der Waals surface area contributed by atoms with Crippen LogP contribution in [-0.2, 0) is 0 Å². The Hall–Kier alpha value is 1.65. The van der Waals surface area contributed by atoms with Crippen molar-refractivity contribution in [3.63, 3.8) is 0 Å². The molecule has 0 amide bonds. The molecule has 0 saturated heterocycles. The number of hydrogen-bond donors (Lipinski definition) is 0. The van der Waals surface area contributed by atoms with Crippen molar-refractivity contribution in [3.8, 4) is 0 Å². The molecule has 0 aliphatic heterocycles.